The van der Waals surface area contributed by atoms with Crippen molar-refractivity contribution in [1.29, 1.82) is 0 Å². The number of rotatable bonds is 12. The monoisotopic (exact) mass is 374 g/mol. The normalized spacial score (nSPS) is 14.2. The summed E-state index contributed by atoms with van der Waals surface area (Å²) in [5.41, 5.74) is 0. The third-order valence-corrected chi connectivity index (χ3v) is 6.12. The lowest BCUT2D eigenvalue weighted by Gasteiger charge is -2.26. The van der Waals surface area contributed by atoms with E-state index in [1.807, 2.05) is 33.8 Å². The van der Waals surface area contributed by atoms with E-state index in [9.17, 15) is 0 Å². The van der Waals surface area contributed by atoms with Crippen LogP contribution in [0.15, 0.2) is 18.2 Å². The second kappa shape index (κ2) is 10.7. The van der Waals surface area contributed by atoms with Crippen molar-refractivity contribution in [3.05, 3.63) is 18.2 Å². The Morgan fingerprint density at radius 2 is 1.28 bits per heavy atom. The second-order valence-electron chi connectivity index (χ2n) is 5.11. The largest absolute Gasteiger partial charge is 0.536 e. The quantitative estimate of drug-likeness (QED) is 0.411. The minimum atomic E-state index is -2.98. The van der Waals surface area contributed by atoms with Gasteiger partial charge in [0.2, 0.25) is 0 Å². The van der Waals surface area contributed by atoms with E-state index in [0.29, 0.717) is 24.7 Å². The van der Waals surface area contributed by atoms with Crippen LogP contribution in [0.5, 0.6) is 11.5 Å². The Morgan fingerprint density at radius 3 is 1.72 bits per heavy atom. The van der Waals surface area contributed by atoms with Crippen molar-refractivity contribution >= 4 is 14.0 Å². The summed E-state index contributed by atoms with van der Waals surface area (Å²) in [7, 11) is 1.70. The molecule has 0 saturated carbocycles. The first-order chi connectivity index (χ1) is 12.0. The van der Waals surface area contributed by atoms with Crippen LogP contribution in [-0.2, 0) is 22.8 Å². The van der Waals surface area contributed by atoms with E-state index in [1.54, 1.807) is 33.5 Å². The molecule has 0 aromatic heterocycles. The fourth-order valence-electron chi connectivity index (χ4n) is 2.39. The Morgan fingerprint density at radius 1 is 0.800 bits per heavy atom. The molecule has 0 aliphatic rings. The molecule has 8 heteroatoms. The first-order valence-electron chi connectivity index (χ1n) is 8.32. The van der Waals surface area contributed by atoms with Crippen LogP contribution < -0.4 is 14.7 Å². The number of benzene rings is 1. The fraction of sp³-hybridized carbons (Fsp3) is 0.647. The van der Waals surface area contributed by atoms with Gasteiger partial charge in [-0.15, -0.1) is 0 Å². The molecule has 25 heavy (non-hydrogen) atoms. The van der Waals surface area contributed by atoms with Crippen molar-refractivity contribution in [2.75, 3.05) is 34.5 Å². The summed E-state index contributed by atoms with van der Waals surface area (Å²) in [6.07, 6.45) is -0.844. The van der Waals surface area contributed by atoms with Crippen LogP contribution in [0.2, 0.25) is 0 Å². The van der Waals surface area contributed by atoms with Gasteiger partial charge in [0.25, 0.3) is 0 Å². The van der Waals surface area contributed by atoms with Crippen LogP contribution in [0.1, 0.15) is 27.7 Å². The van der Waals surface area contributed by atoms with E-state index in [-0.39, 0.29) is 0 Å². The first-order valence-corrected chi connectivity index (χ1v) is 10.0. The number of ether oxygens (including phenoxy) is 4. The molecule has 2 atom stereocenters. The molecule has 0 amide bonds. The topological polar surface area (TPSA) is 64.6 Å². The number of hydrogen-bond acceptors (Lipinski definition) is 7. The summed E-state index contributed by atoms with van der Waals surface area (Å²) in [6, 6.07) is 5.43. The lowest BCUT2D eigenvalue weighted by Crippen LogP contribution is -2.54. The third-order valence-electron chi connectivity index (χ3n) is 3.49. The molecular formula is C17H30O7Si. The minimum absolute atomic E-state index is 0.408. The van der Waals surface area contributed by atoms with E-state index in [2.05, 4.69) is 0 Å². The van der Waals surface area contributed by atoms with Gasteiger partial charge in [0.15, 0.2) is 24.1 Å². The molecule has 0 radical (unpaired) electrons. The average molecular weight is 375 g/mol. The predicted molar refractivity (Wildman–Crippen MR) is 96.3 cm³/mol. The molecular weight excluding hydrogens is 344 g/mol. The summed E-state index contributed by atoms with van der Waals surface area (Å²) in [5, 5.41) is 0.759. The van der Waals surface area contributed by atoms with Crippen molar-refractivity contribution in [2.24, 2.45) is 0 Å². The molecule has 0 spiro atoms. The molecule has 0 bridgehead atoms. The highest BCUT2D eigenvalue weighted by Gasteiger charge is 2.41. The number of hydrogen-bond donors (Lipinski definition) is 0. The summed E-state index contributed by atoms with van der Waals surface area (Å²) in [6.45, 7) is 8.55. The standard InChI is InChI=1S/C17H30O7Si/c1-8-21-13(3)23-16-11-10-15(25(18-5,19-6)20-7)12-17(16)24-14(4)22-9-2/h10-14H,8-9H2,1-7H3. The zero-order valence-electron chi connectivity index (χ0n) is 16.2. The second-order valence-corrected chi connectivity index (χ2v) is 8.03. The van der Waals surface area contributed by atoms with Crippen molar-refractivity contribution in [3.8, 4) is 11.5 Å². The van der Waals surface area contributed by atoms with Crippen molar-refractivity contribution < 1.29 is 32.2 Å². The highest BCUT2D eigenvalue weighted by atomic mass is 28.4. The Bertz CT molecular complexity index is 500. The van der Waals surface area contributed by atoms with Crippen LogP contribution >= 0.6 is 0 Å². The molecule has 0 fully saturated rings. The molecule has 0 N–H and O–H groups in total. The Labute approximate surface area is 151 Å². The molecule has 1 aromatic rings. The van der Waals surface area contributed by atoms with Gasteiger partial charge in [-0.2, -0.15) is 0 Å². The van der Waals surface area contributed by atoms with Gasteiger partial charge >= 0.3 is 8.80 Å². The maximum Gasteiger partial charge on any atom is 0.536 e. The molecule has 0 saturated heterocycles. The summed E-state index contributed by atoms with van der Waals surface area (Å²) < 4.78 is 39.2. The van der Waals surface area contributed by atoms with Gasteiger partial charge in [-0.1, -0.05) is 6.07 Å². The smallest absolute Gasteiger partial charge is 0.461 e. The lowest BCUT2D eigenvalue weighted by atomic mass is 10.3. The highest BCUT2D eigenvalue weighted by Crippen LogP contribution is 2.29. The minimum Gasteiger partial charge on any atom is -0.461 e. The molecule has 0 aliphatic heterocycles. The van der Waals surface area contributed by atoms with Crippen molar-refractivity contribution in [2.45, 2.75) is 40.3 Å². The van der Waals surface area contributed by atoms with Crippen molar-refractivity contribution in [3.63, 3.8) is 0 Å². The van der Waals surface area contributed by atoms with Crippen LogP contribution in [-0.4, -0.2) is 55.9 Å². The highest BCUT2D eigenvalue weighted by molar-refractivity contribution is 6.75. The summed E-state index contributed by atoms with van der Waals surface area (Å²) in [5.74, 6) is 1.05. The maximum atomic E-state index is 5.89. The fourth-order valence-corrected chi connectivity index (χ4v) is 4.19. The SMILES string of the molecule is CCOC(C)Oc1ccc([Si](OC)(OC)OC)cc1OC(C)OCC. The molecule has 7 nitrogen and oxygen atoms in total. The van der Waals surface area contributed by atoms with E-state index in [1.165, 1.54) is 0 Å². The van der Waals surface area contributed by atoms with Gasteiger partial charge in [-0.25, -0.2) is 0 Å². The van der Waals surface area contributed by atoms with Gasteiger partial charge in [0.05, 0.1) is 0 Å². The van der Waals surface area contributed by atoms with E-state index >= 15 is 0 Å². The van der Waals surface area contributed by atoms with Crippen LogP contribution in [0, 0.1) is 0 Å². The molecule has 144 valence electrons. The van der Waals surface area contributed by atoms with E-state index in [4.69, 9.17) is 32.2 Å². The van der Waals surface area contributed by atoms with Crippen LogP contribution in [0.3, 0.4) is 0 Å². The zero-order chi connectivity index (χ0) is 18.9. The molecule has 0 heterocycles. The van der Waals surface area contributed by atoms with Gasteiger partial charge in [-0.05, 0) is 39.8 Å². The molecule has 2 unspecified atom stereocenters. The van der Waals surface area contributed by atoms with Crippen LogP contribution in [0.25, 0.3) is 0 Å². The maximum absolute atomic E-state index is 5.89. The van der Waals surface area contributed by atoms with Crippen molar-refractivity contribution in [1.82, 2.24) is 0 Å². The summed E-state index contributed by atoms with van der Waals surface area (Å²) >= 11 is 0. The van der Waals surface area contributed by atoms with Crippen LogP contribution in [0.4, 0.5) is 0 Å². The van der Waals surface area contributed by atoms with Gasteiger partial charge in [0, 0.05) is 39.7 Å². The molecule has 1 rings (SSSR count). The lowest BCUT2D eigenvalue weighted by molar-refractivity contribution is -0.0766. The van der Waals surface area contributed by atoms with Gasteiger partial charge in [0.1, 0.15) is 0 Å². The predicted octanol–water partition coefficient (Wildman–Crippen LogP) is 2.29. The van der Waals surface area contributed by atoms with Gasteiger partial charge in [-0.3, -0.25) is 0 Å². The average Bonchev–Trinajstić information content (AvgIpc) is 2.59. The molecule has 1 aromatic carbocycles. The van der Waals surface area contributed by atoms with Gasteiger partial charge < -0.3 is 32.2 Å². The third kappa shape index (κ3) is 5.95. The Balaban J connectivity index is 3.20. The Kier molecular flexibility index (Phi) is 9.40. The molecule has 0 aliphatic carbocycles. The Hall–Kier alpha value is -1.16. The van der Waals surface area contributed by atoms with E-state index < -0.39 is 21.4 Å². The first kappa shape index (κ1) is 21.9. The van der Waals surface area contributed by atoms with E-state index in [0.717, 1.165) is 5.19 Å². The summed E-state index contributed by atoms with van der Waals surface area (Å²) in [4.78, 5) is 0. The zero-order valence-corrected chi connectivity index (χ0v) is 17.2.